The Morgan fingerprint density at radius 3 is 2.00 bits per heavy atom. The molecule has 0 amide bonds. The van der Waals surface area contributed by atoms with Crippen LogP contribution in [0.2, 0.25) is 0 Å². The van der Waals surface area contributed by atoms with Crippen LogP contribution in [-0.2, 0) is 9.59 Å². The first-order chi connectivity index (χ1) is 5.50. The van der Waals surface area contributed by atoms with Crippen LogP contribution in [0.3, 0.4) is 0 Å². The van der Waals surface area contributed by atoms with E-state index in [4.69, 9.17) is 10.2 Å². The van der Waals surface area contributed by atoms with E-state index in [0.717, 1.165) is 6.42 Å². The van der Waals surface area contributed by atoms with Gasteiger partial charge in [0.15, 0.2) is 5.92 Å². The smallest absolute Gasteiger partial charge is 0.318 e. The van der Waals surface area contributed by atoms with Gasteiger partial charge in [0, 0.05) is 3.92 Å². The summed E-state index contributed by atoms with van der Waals surface area (Å²) in [6.45, 7) is 1.90. The Labute approximate surface area is 84.1 Å². The van der Waals surface area contributed by atoms with Crippen LogP contribution < -0.4 is 0 Å². The average Bonchev–Trinajstić information content (AvgIpc) is 1.85. The Balaban J connectivity index is 4.29. The van der Waals surface area contributed by atoms with E-state index in [1.54, 1.807) is 0 Å². The van der Waals surface area contributed by atoms with Crippen molar-refractivity contribution in [2.24, 2.45) is 5.92 Å². The molecule has 4 nitrogen and oxygen atoms in total. The van der Waals surface area contributed by atoms with Crippen molar-refractivity contribution in [1.82, 2.24) is 0 Å². The molecule has 1 atom stereocenters. The highest BCUT2D eigenvalue weighted by atomic mass is 127. The molecule has 0 saturated heterocycles. The summed E-state index contributed by atoms with van der Waals surface area (Å²) in [5.74, 6) is -3.78. The SMILES string of the molecule is CCCC(I)C(C(=O)O)C(=O)O. The van der Waals surface area contributed by atoms with Crippen molar-refractivity contribution in [2.75, 3.05) is 0 Å². The second kappa shape index (κ2) is 5.34. The molecule has 0 heterocycles. The average molecular weight is 286 g/mol. The molecule has 12 heavy (non-hydrogen) atoms. The molecule has 1 unspecified atom stereocenters. The van der Waals surface area contributed by atoms with E-state index in [0.29, 0.717) is 6.42 Å². The van der Waals surface area contributed by atoms with Crippen molar-refractivity contribution >= 4 is 34.5 Å². The Morgan fingerprint density at radius 1 is 1.33 bits per heavy atom. The number of carbonyl (C=O) groups is 2. The second-order valence-electron chi connectivity index (χ2n) is 2.46. The van der Waals surface area contributed by atoms with Crippen LogP contribution in [0.25, 0.3) is 0 Å². The molecule has 0 saturated carbocycles. The van der Waals surface area contributed by atoms with E-state index < -0.39 is 17.9 Å². The lowest BCUT2D eigenvalue weighted by Gasteiger charge is -2.12. The summed E-state index contributed by atoms with van der Waals surface area (Å²) in [5, 5.41) is 17.1. The van der Waals surface area contributed by atoms with Crippen molar-refractivity contribution < 1.29 is 19.8 Å². The summed E-state index contributed by atoms with van der Waals surface area (Å²) >= 11 is 1.87. The van der Waals surface area contributed by atoms with Gasteiger partial charge in [-0.05, 0) is 6.42 Å². The summed E-state index contributed by atoms with van der Waals surface area (Å²) in [4.78, 5) is 20.9. The number of halogens is 1. The number of aliphatic carboxylic acids is 2. The molecule has 5 heteroatoms. The maximum absolute atomic E-state index is 10.5. The Morgan fingerprint density at radius 2 is 1.75 bits per heavy atom. The molecular weight excluding hydrogens is 275 g/mol. The molecule has 0 aliphatic heterocycles. The highest BCUT2D eigenvalue weighted by Crippen LogP contribution is 2.19. The molecule has 0 aromatic carbocycles. The molecule has 0 radical (unpaired) electrons. The van der Waals surface area contributed by atoms with Gasteiger partial charge < -0.3 is 10.2 Å². The second-order valence-corrected chi connectivity index (χ2v) is 4.06. The lowest BCUT2D eigenvalue weighted by molar-refractivity contribution is -0.154. The van der Waals surface area contributed by atoms with Crippen molar-refractivity contribution in [3.8, 4) is 0 Å². The summed E-state index contributed by atoms with van der Waals surface area (Å²) in [5.41, 5.74) is 0. The van der Waals surface area contributed by atoms with E-state index in [-0.39, 0.29) is 3.92 Å². The van der Waals surface area contributed by atoms with E-state index >= 15 is 0 Å². The number of carboxylic acids is 2. The van der Waals surface area contributed by atoms with Gasteiger partial charge in [-0.15, -0.1) is 0 Å². The zero-order valence-electron chi connectivity index (χ0n) is 6.66. The molecule has 0 aromatic rings. The van der Waals surface area contributed by atoms with Crippen LogP contribution in [0.15, 0.2) is 0 Å². The van der Waals surface area contributed by atoms with E-state index in [1.165, 1.54) is 0 Å². The molecule has 0 spiro atoms. The van der Waals surface area contributed by atoms with Crippen LogP contribution in [0, 0.1) is 5.92 Å². The first-order valence-corrected chi connectivity index (χ1v) is 4.85. The van der Waals surface area contributed by atoms with Crippen molar-refractivity contribution in [2.45, 2.75) is 23.7 Å². The molecule has 0 aromatic heterocycles. The number of rotatable bonds is 5. The number of hydrogen-bond acceptors (Lipinski definition) is 2. The molecule has 0 aliphatic rings. The highest BCUT2D eigenvalue weighted by Gasteiger charge is 2.32. The summed E-state index contributed by atoms with van der Waals surface area (Å²) in [6.07, 6.45) is 1.41. The van der Waals surface area contributed by atoms with Crippen LogP contribution in [0.5, 0.6) is 0 Å². The molecule has 0 bridgehead atoms. The summed E-state index contributed by atoms with van der Waals surface area (Å²) in [6, 6.07) is 0. The lowest BCUT2D eigenvalue weighted by Crippen LogP contribution is -2.31. The zero-order chi connectivity index (χ0) is 9.72. The zero-order valence-corrected chi connectivity index (χ0v) is 8.82. The largest absolute Gasteiger partial charge is 0.481 e. The molecule has 70 valence electrons. The topological polar surface area (TPSA) is 74.6 Å². The molecular formula is C7H11IO4. The van der Waals surface area contributed by atoms with Gasteiger partial charge in [0.2, 0.25) is 0 Å². The summed E-state index contributed by atoms with van der Waals surface area (Å²) < 4.78 is -0.331. The molecule has 0 rings (SSSR count). The van der Waals surface area contributed by atoms with Gasteiger partial charge in [0.1, 0.15) is 0 Å². The fraction of sp³-hybridized carbons (Fsp3) is 0.714. The number of alkyl halides is 1. The standard InChI is InChI=1S/C7H11IO4/c1-2-3-4(8)5(6(9)10)7(11)12/h4-5H,2-3H2,1H3,(H,9,10)(H,11,12). The van der Waals surface area contributed by atoms with Crippen LogP contribution in [0.1, 0.15) is 19.8 Å². The van der Waals surface area contributed by atoms with E-state index in [2.05, 4.69) is 0 Å². The molecule has 2 N–H and O–H groups in total. The van der Waals surface area contributed by atoms with Crippen molar-refractivity contribution in [3.63, 3.8) is 0 Å². The minimum Gasteiger partial charge on any atom is -0.481 e. The summed E-state index contributed by atoms with van der Waals surface area (Å²) in [7, 11) is 0. The molecule has 0 aliphatic carbocycles. The third kappa shape index (κ3) is 3.38. The van der Waals surface area contributed by atoms with Gasteiger partial charge in [-0.3, -0.25) is 9.59 Å². The lowest BCUT2D eigenvalue weighted by atomic mass is 10.0. The minimum atomic E-state index is -1.27. The maximum atomic E-state index is 10.5. The van der Waals surface area contributed by atoms with Gasteiger partial charge in [-0.2, -0.15) is 0 Å². The van der Waals surface area contributed by atoms with Crippen molar-refractivity contribution in [3.05, 3.63) is 0 Å². The highest BCUT2D eigenvalue weighted by molar-refractivity contribution is 14.1. The Hall–Kier alpha value is -0.330. The Bertz CT molecular complexity index is 166. The predicted octanol–water partition coefficient (Wildman–Crippen LogP) is 1.38. The van der Waals surface area contributed by atoms with Crippen LogP contribution in [-0.4, -0.2) is 26.1 Å². The number of hydrogen-bond donors (Lipinski definition) is 2. The maximum Gasteiger partial charge on any atom is 0.318 e. The predicted molar refractivity (Wildman–Crippen MR) is 51.5 cm³/mol. The first-order valence-electron chi connectivity index (χ1n) is 3.60. The molecule has 0 fully saturated rings. The van der Waals surface area contributed by atoms with E-state index in [1.807, 2.05) is 29.5 Å². The van der Waals surface area contributed by atoms with Crippen LogP contribution in [0.4, 0.5) is 0 Å². The normalized spacial score (nSPS) is 12.9. The Kier molecular flexibility index (Phi) is 5.19. The van der Waals surface area contributed by atoms with Gasteiger partial charge in [0.25, 0.3) is 0 Å². The first kappa shape index (κ1) is 11.7. The monoisotopic (exact) mass is 286 g/mol. The van der Waals surface area contributed by atoms with Gasteiger partial charge in [0.05, 0.1) is 0 Å². The minimum absolute atomic E-state index is 0.331. The van der Waals surface area contributed by atoms with Gasteiger partial charge in [-0.25, -0.2) is 0 Å². The third-order valence-corrected chi connectivity index (χ3v) is 2.80. The van der Waals surface area contributed by atoms with Gasteiger partial charge in [-0.1, -0.05) is 35.9 Å². The van der Waals surface area contributed by atoms with Crippen molar-refractivity contribution in [1.29, 1.82) is 0 Å². The number of carboxylic acid groups (broad SMARTS) is 2. The fourth-order valence-corrected chi connectivity index (χ4v) is 2.10. The third-order valence-electron chi connectivity index (χ3n) is 1.46. The van der Waals surface area contributed by atoms with Gasteiger partial charge >= 0.3 is 11.9 Å². The quantitative estimate of drug-likeness (QED) is 0.455. The van der Waals surface area contributed by atoms with E-state index in [9.17, 15) is 9.59 Å². The van der Waals surface area contributed by atoms with Crippen LogP contribution >= 0.6 is 22.6 Å². The fourth-order valence-electron chi connectivity index (χ4n) is 0.857.